The zero-order valence-corrected chi connectivity index (χ0v) is 11.3. The van der Waals surface area contributed by atoms with E-state index < -0.39 is 4.92 Å². The molecule has 0 atom stereocenters. The van der Waals surface area contributed by atoms with Gasteiger partial charge in [-0.1, -0.05) is 6.92 Å². The molecule has 1 fully saturated rings. The van der Waals surface area contributed by atoms with Gasteiger partial charge in [0.25, 0.3) is 0 Å². The van der Waals surface area contributed by atoms with Gasteiger partial charge in [-0.3, -0.25) is 10.1 Å². The molecule has 2 heterocycles. The SMILES string of the molecule is CCN1CCC(CNc2ncc([N+](=O)[O-])s2)CC1. The van der Waals surface area contributed by atoms with Gasteiger partial charge in [0.05, 0.1) is 4.92 Å². The standard InChI is InChI=1S/C11H18N4O2S/c1-2-14-5-3-9(4-6-14)7-12-11-13-8-10(18-11)15(16)17/h8-9H,2-7H2,1H3,(H,12,13). The normalized spacial score (nSPS) is 17.8. The number of rotatable bonds is 5. The number of anilines is 1. The van der Waals surface area contributed by atoms with Gasteiger partial charge in [-0.25, -0.2) is 4.98 Å². The minimum atomic E-state index is -0.400. The first-order chi connectivity index (χ1) is 8.69. The fraction of sp³-hybridized carbons (Fsp3) is 0.727. The lowest BCUT2D eigenvalue weighted by atomic mass is 9.97. The first-order valence-electron chi connectivity index (χ1n) is 6.25. The van der Waals surface area contributed by atoms with Crippen molar-refractivity contribution in [1.82, 2.24) is 9.88 Å². The van der Waals surface area contributed by atoms with Crippen LogP contribution in [0.5, 0.6) is 0 Å². The first-order valence-corrected chi connectivity index (χ1v) is 7.07. The highest BCUT2D eigenvalue weighted by atomic mass is 32.1. The Morgan fingerprint density at radius 2 is 2.33 bits per heavy atom. The topological polar surface area (TPSA) is 71.3 Å². The van der Waals surface area contributed by atoms with E-state index in [1.807, 2.05) is 0 Å². The van der Waals surface area contributed by atoms with Crippen molar-refractivity contribution in [2.45, 2.75) is 19.8 Å². The highest BCUT2D eigenvalue weighted by Gasteiger charge is 2.18. The number of nitro groups is 1. The lowest BCUT2D eigenvalue weighted by molar-refractivity contribution is -0.380. The lowest BCUT2D eigenvalue weighted by Gasteiger charge is -2.30. The first kappa shape index (κ1) is 13.2. The van der Waals surface area contributed by atoms with E-state index in [0.29, 0.717) is 11.0 Å². The summed E-state index contributed by atoms with van der Waals surface area (Å²) in [6.45, 7) is 6.48. The largest absolute Gasteiger partial charge is 0.361 e. The summed E-state index contributed by atoms with van der Waals surface area (Å²) in [5.74, 6) is 0.649. The van der Waals surface area contributed by atoms with Gasteiger partial charge < -0.3 is 10.2 Å². The van der Waals surface area contributed by atoms with E-state index in [1.165, 1.54) is 19.0 Å². The van der Waals surface area contributed by atoms with E-state index in [1.54, 1.807) is 0 Å². The molecule has 0 bridgehead atoms. The van der Waals surface area contributed by atoms with Crippen LogP contribution in [0.3, 0.4) is 0 Å². The molecule has 100 valence electrons. The molecule has 0 amide bonds. The van der Waals surface area contributed by atoms with Crippen molar-refractivity contribution < 1.29 is 4.92 Å². The molecule has 1 saturated heterocycles. The maximum absolute atomic E-state index is 10.5. The number of nitrogens with zero attached hydrogens (tertiary/aromatic N) is 3. The summed E-state index contributed by atoms with van der Waals surface area (Å²) in [6.07, 6.45) is 3.69. The smallest absolute Gasteiger partial charge is 0.345 e. The summed E-state index contributed by atoms with van der Waals surface area (Å²) >= 11 is 1.10. The number of thiazole rings is 1. The maximum atomic E-state index is 10.5. The second-order valence-corrected chi connectivity index (χ2v) is 5.53. The number of nitrogens with one attached hydrogen (secondary N) is 1. The van der Waals surface area contributed by atoms with Crippen LogP contribution in [0.2, 0.25) is 0 Å². The van der Waals surface area contributed by atoms with E-state index in [0.717, 1.165) is 37.5 Å². The van der Waals surface area contributed by atoms with Gasteiger partial charge >= 0.3 is 5.00 Å². The minimum Gasteiger partial charge on any atom is -0.361 e. The Morgan fingerprint density at radius 1 is 1.61 bits per heavy atom. The molecular formula is C11H18N4O2S. The summed E-state index contributed by atoms with van der Waals surface area (Å²) in [7, 11) is 0. The molecule has 1 aliphatic heterocycles. The molecule has 0 aliphatic carbocycles. The average Bonchev–Trinajstić information content (AvgIpc) is 2.86. The molecule has 0 aromatic carbocycles. The van der Waals surface area contributed by atoms with Gasteiger partial charge in [0.15, 0.2) is 5.13 Å². The fourth-order valence-electron chi connectivity index (χ4n) is 2.17. The highest BCUT2D eigenvalue weighted by molar-refractivity contribution is 7.18. The Labute approximate surface area is 110 Å². The van der Waals surface area contributed by atoms with E-state index in [9.17, 15) is 10.1 Å². The van der Waals surface area contributed by atoms with Crippen molar-refractivity contribution >= 4 is 21.5 Å². The van der Waals surface area contributed by atoms with Crippen molar-refractivity contribution in [3.8, 4) is 0 Å². The van der Waals surface area contributed by atoms with Crippen LogP contribution in [0.4, 0.5) is 10.1 Å². The average molecular weight is 270 g/mol. The third-order valence-corrected chi connectivity index (χ3v) is 4.28. The number of hydrogen-bond acceptors (Lipinski definition) is 6. The van der Waals surface area contributed by atoms with Crippen LogP contribution in [-0.4, -0.2) is 41.0 Å². The lowest BCUT2D eigenvalue weighted by Crippen LogP contribution is -2.35. The summed E-state index contributed by atoms with van der Waals surface area (Å²) in [5, 5.41) is 14.5. The Bertz CT molecular complexity index is 402. The van der Waals surface area contributed by atoms with Gasteiger partial charge in [-0.2, -0.15) is 0 Å². The number of aromatic nitrogens is 1. The third kappa shape index (κ3) is 3.39. The molecule has 0 spiro atoms. The molecule has 0 radical (unpaired) electrons. The van der Waals surface area contributed by atoms with E-state index in [2.05, 4.69) is 22.1 Å². The molecule has 7 heteroatoms. The van der Waals surface area contributed by atoms with Crippen LogP contribution < -0.4 is 5.32 Å². The predicted octanol–water partition coefficient (Wildman–Crippen LogP) is 2.20. The zero-order chi connectivity index (χ0) is 13.0. The number of likely N-dealkylation sites (tertiary alicyclic amines) is 1. The minimum absolute atomic E-state index is 0.0957. The molecular weight excluding hydrogens is 252 g/mol. The van der Waals surface area contributed by atoms with E-state index in [4.69, 9.17) is 0 Å². The van der Waals surface area contributed by atoms with Crippen LogP contribution in [-0.2, 0) is 0 Å². The van der Waals surface area contributed by atoms with Crippen LogP contribution in [0.25, 0.3) is 0 Å². The Balaban J connectivity index is 1.76. The molecule has 18 heavy (non-hydrogen) atoms. The van der Waals surface area contributed by atoms with E-state index >= 15 is 0 Å². The summed E-state index contributed by atoms with van der Waals surface area (Å²) in [5.41, 5.74) is 0. The maximum Gasteiger partial charge on any atom is 0.345 e. The highest BCUT2D eigenvalue weighted by Crippen LogP contribution is 2.26. The molecule has 2 rings (SSSR count). The van der Waals surface area contributed by atoms with Gasteiger partial charge in [0.1, 0.15) is 6.20 Å². The molecule has 1 N–H and O–H groups in total. The van der Waals surface area contributed by atoms with Crippen molar-refractivity contribution in [1.29, 1.82) is 0 Å². The number of piperidine rings is 1. The van der Waals surface area contributed by atoms with Gasteiger partial charge in [-0.05, 0) is 49.7 Å². The van der Waals surface area contributed by atoms with Crippen LogP contribution in [0.1, 0.15) is 19.8 Å². The quantitative estimate of drug-likeness (QED) is 0.656. The molecule has 1 aromatic rings. The van der Waals surface area contributed by atoms with Gasteiger partial charge in [-0.15, -0.1) is 0 Å². The molecule has 1 aromatic heterocycles. The van der Waals surface area contributed by atoms with Gasteiger partial charge in [0.2, 0.25) is 0 Å². The summed E-state index contributed by atoms with van der Waals surface area (Å²) in [6, 6.07) is 0. The second-order valence-electron chi connectivity index (χ2n) is 4.52. The summed E-state index contributed by atoms with van der Waals surface area (Å²) < 4.78 is 0. The Morgan fingerprint density at radius 3 is 2.89 bits per heavy atom. The van der Waals surface area contributed by atoms with Crippen molar-refractivity contribution in [2.75, 3.05) is 31.5 Å². The molecule has 0 unspecified atom stereocenters. The fourth-order valence-corrected chi connectivity index (χ4v) is 2.81. The molecule has 0 saturated carbocycles. The van der Waals surface area contributed by atoms with Crippen LogP contribution in [0.15, 0.2) is 6.20 Å². The Kier molecular flexibility index (Phi) is 4.48. The van der Waals surface area contributed by atoms with Gasteiger partial charge in [0, 0.05) is 6.54 Å². The second kappa shape index (κ2) is 6.10. The third-order valence-electron chi connectivity index (χ3n) is 3.37. The summed E-state index contributed by atoms with van der Waals surface area (Å²) in [4.78, 5) is 16.6. The van der Waals surface area contributed by atoms with Crippen molar-refractivity contribution in [3.63, 3.8) is 0 Å². The van der Waals surface area contributed by atoms with Crippen LogP contribution in [0, 0.1) is 16.0 Å². The van der Waals surface area contributed by atoms with Crippen molar-refractivity contribution in [2.24, 2.45) is 5.92 Å². The zero-order valence-electron chi connectivity index (χ0n) is 10.5. The van der Waals surface area contributed by atoms with Crippen LogP contribution >= 0.6 is 11.3 Å². The molecule has 6 nitrogen and oxygen atoms in total. The number of hydrogen-bond donors (Lipinski definition) is 1. The van der Waals surface area contributed by atoms with E-state index in [-0.39, 0.29) is 5.00 Å². The molecule has 1 aliphatic rings. The Hall–Kier alpha value is -1.21. The monoisotopic (exact) mass is 270 g/mol. The predicted molar refractivity (Wildman–Crippen MR) is 72.1 cm³/mol. The van der Waals surface area contributed by atoms with Crippen molar-refractivity contribution in [3.05, 3.63) is 16.3 Å².